The van der Waals surface area contributed by atoms with Crippen molar-refractivity contribution in [1.29, 1.82) is 0 Å². The van der Waals surface area contributed by atoms with Crippen LogP contribution in [0.4, 0.5) is 0 Å². The van der Waals surface area contributed by atoms with Gasteiger partial charge in [-0.15, -0.1) is 0 Å². The Bertz CT molecular complexity index is 530. The molecule has 23 heavy (non-hydrogen) atoms. The minimum absolute atomic E-state index is 0.483. The molecule has 5 heteroatoms. The van der Waals surface area contributed by atoms with Crippen LogP contribution in [0.3, 0.4) is 0 Å². The molecule has 0 unspecified atom stereocenters. The highest BCUT2D eigenvalue weighted by atomic mass is 16.6. The monoisotopic (exact) mass is 320 g/mol. The van der Waals surface area contributed by atoms with Crippen LogP contribution in [0.2, 0.25) is 0 Å². The fourth-order valence-electron chi connectivity index (χ4n) is 2.26. The van der Waals surface area contributed by atoms with Crippen LogP contribution in [0, 0.1) is 13.8 Å². The first-order chi connectivity index (χ1) is 11.0. The van der Waals surface area contributed by atoms with E-state index in [9.17, 15) is 0 Å². The summed E-state index contributed by atoms with van der Waals surface area (Å²) in [5.41, 5.74) is 3.03. The summed E-state index contributed by atoms with van der Waals surface area (Å²) in [5.74, 6) is 1.76. The van der Waals surface area contributed by atoms with Crippen LogP contribution in [0.15, 0.2) is 29.4 Å². The molecule has 0 N–H and O–H groups in total. The molecule has 1 aromatic carbocycles. The fourth-order valence-corrected chi connectivity index (χ4v) is 2.26. The molecular formula is C18H28N2O3. The molecule has 5 nitrogen and oxygen atoms in total. The molecule has 1 aromatic rings. The van der Waals surface area contributed by atoms with E-state index in [1.54, 1.807) is 7.11 Å². The standard InChI is InChI=1S/C18H28N2O3/c1-7-8-9-22-17-10-14(2)18(15(3)11-17)23-13-20(5)12-16(4)19-21-6/h7-8,10-11H,9,12-13H2,1-6H3/b8-7+,19-16+. The van der Waals surface area contributed by atoms with Gasteiger partial charge in [0.1, 0.15) is 31.9 Å². The highest BCUT2D eigenvalue weighted by Gasteiger charge is 2.09. The zero-order valence-corrected chi connectivity index (χ0v) is 15.0. The zero-order chi connectivity index (χ0) is 17.2. The van der Waals surface area contributed by atoms with Crippen LogP contribution in [-0.4, -0.2) is 44.7 Å². The Morgan fingerprint density at radius 3 is 2.43 bits per heavy atom. The minimum atomic E-state index is 0.483. The smallest absolute Gasteiger partial charge is 0.142 e. The first kappa shape index (κ1) is 19.0. The maximum absolute atomic E-state index is 5.95. The molecule has 0 aliphatic rings. The average Bonchev–Trinajstić information content (AvgIpc) is 2.46. The molecule has 0 bridgehead atoms. The normalized spacial score (nSPS) is 12.0. The Hall–Kier alpha value is -2.01. The number of benzene rings is 1. The summed E-state index contributed by atoms with van der Waals surface area (Å²) in [7, 11) is 3.53. The van der Waals surface area contributed by atoms with Crippen molar-refractivity contribution < 1.29 is 14.3 Å². The third-order valence-electron chi connectivity index (χ3n) is 3.19. The van der Waals surface area contributed by atoms with Crippen molar-refractivity contribution in [2.24, 2.45) is 5.16 Å². The van der Waals surface area contributed by atoms with Crippen molar-refractivity contribution in [2.75, 3.05) is 34.0 Å². The summed E-state index contributed by atoms with van der Waals surface area (Å²) >= 11 is 0. The second-order valence-corrected chi connectivity index (χ2v) is 5.56. The summed E-state index contributed by atoms with van der Waals surface area (Å²) in [6, 6.07) is 4.01. The lowest BCUT2D eigenvalue weighted by molar-refractivity contribution is 0.163. The molecule has 0 fully saturated rings. The first-order valence-electron chi connectivity index (χ1n) is 7.71. The summed E-state index contributed by atoms with van der Waals surface area (Å²) in [5, 5.41) is 3.90. The molecule has 0 aliphatic heterocycles. The molecule has 0 amide bonds. The number of hydrogen-bond donors (Lipinski definition) is 0. The van der Waals surface area contributed by atoms with E-state index in [-0.39, 0.29) is 0 Å². The molecule has 0 aromatic heterocycles. The van der Waals surface area contributed by atoms with Crippen molar-refractivity contribution in [3.8, 4) is 11.5 Å². The molecule has 0 radical (unpaired) electrons. The van der Waals surface area contributed by atoms with Gasteiger partial charge in [0.05, 0.1) is 5.71 Å². The quantitative estimate of drug-likeness (QED) is 0.302. The maximum Gasteiger partial charge on any atom is 0.142 e. The lowest BCUT2D eigenvalue weighted by atomic mass is 10.1. The van der Waals surface area contributed by atoms with Crippen LogP contribution < -0.4 is 9.47 Å². The zero-order valence-electron chi connectivity index (χ0n) is 15.0. The molecule has 0 saturated carbocycles. The number of oxime groups is 1. The van der Waals surface area contributed by atoms with Crippen LogP contribution in [-0.2, 0) is 4.84 Å². The van der Waals surface area contributed by atoms with Crippen LogP contribution >= 0.6 is 0 Å². The predicted octanol–water partition coefficient (Wildman–Crippen LogP) is 3.55. The molecule has 1 rings (SSSR count). The summed E-state index contributed by atoms with van der Waals surface area (Å²) in [6.45, 7) is 9.72. The minimum Gasteiger partial charge on any atom is -0.490 e. The molecule has 0 aliphatic carbocycles. The molecule has 128 valence electrons. The first-order valence-corrected chi connectivity index (χ1v) is 7.71. The topological polar surface area (TPSA) is 43.3 Å². The van der Waals surface area contributed by atoms with Crippen molar-refractivity contribution in [3.63, 3.8) is 0 Å². The van der Waals surface area contributed by atoms with Gasteiger partial charge in [-0.05, 0) is 58.0 Å². The molecular weight excluding hydrogens is 292 g/mol. The van der Waals surface area contributed by atoms with Gasteiger partial charge in [-0.1, -0.05) is 17.3 Å². The summed E-state index contributed by atoms with van der Waals surface area (Å²) < 4.78 is 11.6. The number of nitrogens with zero attached hydrogens (tertiary/aromatic N) is 2. The molecule has 0 saturated heterocycles. The Morgan fingerprint density at radius 1 is 1.22 bits per heavy atom. The number of ether oxygens (including phenoxy) is 2. The SMILES string of the molecule is C/C=C/COc1cc(C)c(OCN(C)C/C(C)=N/OC)c(C)c1. The van der Waals surface area contributed by atoms with E-state index in [2.05, 4.69) is 5.16 Å². The Morgan fingerprint density at radius 2 is 1.87 bits per heavy atom. The van der Waals surface area contributed by atoms with Gasteiger partial charge in [0.2, 0.25) is 0 Å². The molecule has 0 spiro atoms. The third-order valence-corrected chi connectivity index (χ3v) is 3.19. The van der Waals surface area contributed by atoms with Crippen molar-refractivity contribution in [3.05, 3.63) is 35.4 Å². The Balaban J connectivity index is 2.65. The van der Waals surface area contributed by atoms with E-state index < -0.39 is 0 Å². The predicted molar refractivity (Wildman–Crippen MR) is 94.5 cm³/mol. The van der Waals surface area contributed by atoms with Gasteiger partial charge in [-0.3, -0.25) is 4.90 Å². The lowest BCUT2D eigenvalue weighted by Gasteiger charge is -2.19. The second-order valence-electron chi connectivity index (χ2n) is 5.56. The van der Waals surface area contributed by atoms with Gasteiger partial charge in [-0.25, -0.2) is 0 Å². The van der Waals surface area contributed by atoms with Crippen LogP contribution in [0.5, 0.6) is 11.5 Å². The maximum atomic E-state index is 5.95. The number of allylic oxidation sites excluding steroid dienone is 1. The molecule has 0 atom stereocenters. The van der Waals surface area contributed by atoms with Crippen LogP contribution in [0.1, 0.15) is 25.0 Å². The second kappa shape index (κ2) is 9.90. The highest BCUT2D eigenvalue weighted by Crippen LogP contribution is 2.28. The van der Waals surface area contributed by atoms with Crippen molar-refractivity contribution in [2.45, 2.75) is 27.7 Å². The van der Waals surface area contributed by atoms with E-state index in [0.717, 1.165) is 28.3 Å². The Labute approximate surface area is 139 Å². The van der Waals surface area contributed by atoms with Gasteiger partial charge >= 0.3 is 0 Å². The number of rotatable bonds is 9. The average molecular weight is 320 g/mol. The van der Waals surface area contributed by atoms with Gasteiger partial charge in [0.25, 0.3) is 0 Å². The van der Waals surface area contributed by atoms with Gasteiger partial charge in [0.15, 0.2) is 0 Å². The molecule has 0 heterocycles. The summed E-state index contributed by atoms with van der Waals surface area (Å²) in [6.07, 6.45) is 3.95. The lowest BCUT2D eigenvalue weighted by Crippen LogP contribution is -2.29. The van der Waals surface area contributed by atoms with Crippen LogP contribution in [0.25, 0.3) is 0 Å². The third kappa shape index (κ3) is 6.74. The van der Waals surface area contributed by atoms with E-state index in [1.807, 2.05) is 63.9 Å². The van der Waals surface area contributed by atoms with E-state index >= 15 is 0 Å². The fraction of sp³-hybridized carbons (Fsp3) is 0.500. The van der Waals surface area contributed by atoms with E-state index in [1.165, 1.54) is 0 Å². The largest absolute Gasteiger partial charge is 0.490 e. The van der Waals surface area contributed by atoms with Crippen molar-refractivity contribution >= 4 is 5.71 Å². The number of hydrogen-bond acceptors (Lipinski definition) is 5. The van der Waals surface area contributed by atoms with Gasteiger partial charge < -0.3 is 14.3 Å². The van der Waals surface area contributed by atoms with E-state index in [4.69, 9.17) is 14.3 Å². The van der Waals surface area contributed by atoms with Gasteiger partial charge in [0, 0.05) is 6.54 Å². The number of aryl methyl sites for hydroxylation is 2. The Kier molecular flexibility index (Phi) is 8.19. The van der Waals surface area contributed by atoms with Gasteiger partial charge in [-0.2, -0.15) is 0 Å². The summed E-state index contributed by atoms with van der Waals surface area (Å²) in [4.78, 5) is 6.80. The van der Waals surface area contributed by atoms with Crippen molar-refractivity contribution in [1.82, 2.24) is 4.90 Å². The van der Waals surface area contributed by atoms with E-state index in [0.29, 0.717) is 19.9 Å². The highest BCUT2D eigenvalue weighted by molar-refractivity contribution is 5.83.